The lowest BCUT2D eigenvalue weighted by atomic mass is 9.55. The molecule has 0 radical (unpaired) electrons. The fraction of sp³-hybridized carbons (Fsp3) is 0.611. The van der Waals surface area contributed by atoms with Gasteiger partial charge in [0.1, 0.15) is 12.4 Å². The molecule has 1 N–H and O–H groups in total. The van der Waals surface area contributed by atoms with Gasteiger partial charge in [0.25, 0.3) is 5.91 Å². The van der Waals surface area contributed by atoms with Gasteiger partial charge in [0, 0.05) is 44.2 Å². The lowest BCUT2D eigenvalue weighted by Crippen LogP contribution is -2.51. The minimum Gasteiger partial charge on any atom is -0.487 e. The predicted molar refractivity (Wildman–Crippen MR) is 184 cm³/mol. The molecule has 2 aromatic rings. The highest BCUT2D eigenvalue weighted by Gasteiger charge is 2.48. The maximum absolute atomic E-state index is 13.5. The first-order valence-corrected chi connectivity index (χ1v) is 18.7. The number of carbonyl (C=O) groups excluding carboxylic acids is 2. The molecule has 2 bridgehead atoms. The van der Waals surface area contributed by atoms with E-state index >= 15 is 0 Å². The summed E-state index contributed by atoms with van der Waals surface area (Å²) in [6.07, 6.45) is 7.82. The summed E-state index contributed by atoms with van der Waals surface area (Å²) in [5.41, 5.74) is 3.31. The Hall–Kier alpha value is -2.78. The highest BCUT2D eigenvalue weighted by atomic mass is 35.5. The van der Waals surface area contributed by atoms with Crippen molar-refractivity contribution in [3.63, 3.8) is 0 Å². The molecule has 3 aliphatic rings. The summed E-state index contributed by atoms with van der Waals surface area (Å²) >= 11 is 6.36. The molecule has 2 heterocycles. The van der Waals surface area contributed by atoms with Crippen molar-refractivity contribution in [2.75, 3.05) is 32.1 Å². The Morgan fingerprint density at radius 1 is 1.07 bits per heavy atom. The van der Waals surface area contributed by atoms with Crippen LogP contribution in [0.25, 0.3) is 0 Å². The molecule has 5 rings (SSSR count). The number of sulfonamides is 1. The van der Waals surface area contributed by atoms with Crippen LogP contribution >= 0.6 is 11.6 Å². The average Bonchev–Trinajstić information content (AvgIpc) is 3.02. The molecule has 1 unspecified atom stereocenters. The van der Waals surface area contributed by atoms with Crippen molar-refractivity contribution in [3.05, 3.63) is 58.1 Å². The van der Waals surface area contributed by atoms with Crippen LogP contribution in [0.2, 0.25) is 5.02 Å². The minimum atomic E-state index is -3.91. The normalized spacial score (nSPS) is 28.7. The first-order chi connectivity index (χ1) is 21.8. The van der Waals surface area contributed by atoms with Crippen molar-refractivity contribution in [1.82, 2.24) is 9.62 Å². The second-order valence-corrected chi connectivity index (χ2v) is 16.9. The molecule has 0 aromatic heterocycles. The molecule has 2 aromatic carbocycles. The number of aryl methyl sites for hydroxylation is 1. The highest BCUT2D eigenvalue weighted by molar-refractivity contribution is 7.90. The Morgan fingerprint density at radius 2 is 1.85 bits per heavy atom. The Balaban J connectivity index is 1.56. The topological polar surface area (TPSA) is 96.0 Å². The van der Waals surface area contributed by atoms with Gasteiger partial charge < -0.3 is 14.5 Å². The van der Waals surface area contributed by atoms with Crippen molar-refractivity contribution >= 4 is 39.1 Å². The lowest BCUT2D eigenvalue weighted by Gasteiger charge is -2.53. The van der Waals surface area contributed by atoms with Crippen molar-refractivity contribution in [2.45, 2.75) is 90.4 Å². The number of benzene rings is 2. The van der Waals surface area contributed by atoms with Gasteiger partial charge >= 0.3 is 0 Å². The number of amides is 2. The van der Waals surface area contributed by atoms with E-state index in [-0.39, 0.29) is 28.7 Å². The summed E-state index contributed by atoms with van der Waals surface area (Å²) in [5.74, 6) is 0.595. The zero-order chi connectivity index (χ0) is 33.2. The molecular weight excluding hydrogens is 622 g/mol. The molecule has 46 heavy (non-hydrogen) atoms. The molecule has 1 fully saturated rings. The summed E-state index contributed by atoms with van der Waals surface area (Å²) in [6, 6.07) is 11.2. The van der Waals surface area contributed by atoms with E-state index in [4.69, 9.17) is 16.3 Å². The van der Waals surface area contributed by atoms with Crippen LogP contribution in [0.5, 0.6) is 5.75 Å². The van der Waals surface area contributed by atoms with Crippen molar-refractivity contribution in [2.24, 2.45) is 23.2 Å². The van der Waals surface area contributed by atoms with Crippen LogP contribution in [0, 0.1) is 23.2 Å². The molecule has 1 saturated carbocycles. The summed E-state index contributed by atoms with van der Waals surface area (Å²) in [4.78, 5) is 30.6. The third kappa shape index (κ3) is 7.67. The maximum atomic E-state index is 13.5. The SMILES string of the molecule is C[C@@H]1[C@@H](C)CCC[C@@H](CC(=O)N(C)C)[C@@H]2CCC2(C)CN2CCCCc3cc(Cl)ccc3COc3ccc(cc32)C(=O)NS1(=O)=O. The van der Waals surface area contributed by atoms with Crippen molar-refractivity contribution in [3.8, 4) is 5.75 Å². The summed E-state index contributed by atoms with van der Waals surface area (Å²) in [6.45, 7) is 7.85. The largest absolute Gasteiger partial charge is 0.487 e. The molecule has 10 heteroatoms. The van der Waals surface area contributed by atoms with Gasteiger partial charge in [-0.15, -0.1) is 0 Å². The molecule has 2 aliphatic heterocycles. The fourth-order valence-electron chi connectivity index (χ4n) is 7.67. The number of nitrogens with one attached hydrogen (secondary N) is 1. The number of rotatable bonds is 2. The van der Waals surface area contributed by atoms with Gasteiger partial charge in [0.2, 0.25) is 15.9 Å². The highest BCUT2D eigenvalue weighted by Crippen LogP contribution is 2.53. The fourth-order valence-corrected chi connectivity index (χ4v) is 9.18. The van der Waals surface area contributed by atoms with Gasteiger partial charge in [0.05, 0.1) is 10.9 Å². The molecule has 252 valence electrons. The quantitative estimate of drug-likeness (QED) is 0.376. The standard InChI is InChI=1S/C36H50ClN3O5S/c1-24-9-8-11-27(21-34(41)39(4)5)31-16-17-36(31,3)23-40-18-7-6-10-26-19-30(37)14-12-29(26)22-45-33-15-13-28(20-32(33)40)35(42)38-46(43,44)25(24)2/h12-15,19-20,24-25,27,31H,6-11,16-18,21-23H2,1-5H3,(H,38,42)/t24-,25+,27-,31-,36?/m0/s1. The first kappa shape index (κ1) is 34.6. The second-order valence-electron chi connectivity index (χ2n) is 14.4. The number of hydrogen-bond acceptors (Lipinski definition) is 6. The number of nitrogens with zero attached hydrogens (tertiary/aromatic N) is 2. The van der Waals surface area contributed by atoms with E-state index in [2.05, 4.69) is 16.5 Å². The van der Waals surface area contributed by atoms with Crippen molar-refractivity contribution < 1.29 is 22.7 Å². The van der Waals surface area contributed by atoms with Crippen LogP contribution in [0.15, 0.2) is 36.4 Å². The zero-order valence-corrected chi connectivity index (χ0v) is 29.6. The van der Waals surface area contributed by atoms with E-state index < -0.39 is 21.2 Å². The number of hydrogen-bond donors (Lipinski definition) is 1. The Morgan fingerprint density at radius 3 is 2.57 bits per heavy atom. The van der Waals surface area contributed by atoms with Crippen LogP contribution < -0.4 is 14.4 Å². The van der Waals surface area contributed by atoms with E-state index in [0.29, 0.717) is 36.1 Å². The van der Waals surface area contributed by atoms with Gasteiger partial charge in [-0.25, -0.2) is 13.1 Å². The molecule has 1 aliphatic carbocycles. The molecule has 0 saturated heterocycles. The number of halogens is 1. The van der Waals surface area contributed by atoms with Crippen LogP contribution in [-0.4, -0.2) is 57.6 Å². The molecule has 0 spiro atoms. The van der Waals surface area contributed by atoms with Gasteiger partial charge in [-0.2, -0.15) is 0 Å². The summed E-state index contributed by atoms with van der Waals surface area (Å²) in [5, 5.41) is -0.0332. The van der Waals surface area contributed by atoms with Crippen LogP contribution in [-0.2, 0) is 27.8 Å². The second kappa shape index (κ2) is 14.1. The monoisotopic (exact) mass is 671 g/mol. The number of anilines is 1. The van der Waals surface area contributed by atoms with Gasteiger partial charge in [-0.05, 0) is 116 Å². The smallest absolute Gasteiger partial charge is 0.264 e. The van der Waals surface area contributed by atoms with E-state index in [1.54, 1.807) is 30.0 Å². The number of carbonyl (C=O) groups is 2. The van der Waals surface area contributed by atoms with E-state index in [0.717, 1.165) is 69.3 Å². The van der Waals surface area contributed by atoms with E-state index in [1.165, 1.54) is 5.56 Å². The first-order valence-electron chi connectivity index (χ1n) is 16.8. The average molecular weight is 672 g/mol. The minimum absolute atomic E-state index is 0.0250. The molecule has 2 amide bonds. The zero-order valence-electron chi connectivity index (χ0n) is 28.0. The summed E-state index contributed by atoms with van der Waals surface area (Å²) in [7, 11) is -0.283. The van der Waals surface area contributed by atoms with Crippen LogP contribution in [0.3, 0.4) is 0 Å². The summed E-state index contributed by atoms with van der Waals surface area (Å²) < 4.78 is 35.6. The van der Waals surface area contributed by atoms with Gasteiger partial charge in [-0.3, -0.25) is 9.59 Å². The van der Waals surface area contributed by atoms with Crippen molar-refractivity contribution in [1.29, 1.82) is 0 Å². The Kier molecular flexibility index (Phi) is 10.6. The predicted octanol–water partition coefficient (Wildman–Crippen LogP) is 6.84. The van der Waals surface area contributed by atoms with Gasteiger partial charge in [-0.1, -0.05) is 37.9 Å². The van der Waals surface area contributed by atoms with E-state index in [9.17, 15) is 18.0 Å². The van der Waals surface area contributed by atoms with E-state index in [1.807, 2.05) is 39.2 Å². The maximum Gasteiger partial charge on any atom is 0.264 e. The van der Waals surface area contributed by atoms with Gasteiger partial charge in [0.15, 0.2) is 0 Å². The lowest BCUT2D eigenvalue weighted by molar-refractivity contribution is -0.131. The molecular formula is C36H50ClN3O5S. The third-order valence-electron chi connectivity index (χ3n) is 11.0. The Labute approximate surface area is 280 Å². The third-order valence-corrected chi connectivity index (χ3v) is 13.1. The molecule has 5 atom stereocenters. The number of ether oxygens (including phenoxy) is 1. The van der Waals surface area contributed by atoms with Crippen LogP contribution in [0.4, 0.5) is 5.69 Å². The Bertz CT molecular complexity index is 1550. The number of fused-ring (bicyclic) bond motifs is 3. The molecule has 8 nitrogen and oxygen atoms in total. The van der Waals surface area contributed by atoms with Crippen LogP contribution in [0.1, 0.15) is 93.6 Å².